The van der Waals surface area contributed by atoms with Crippen molar-refractivity contribution in [3.8, 4) is 0 Å². The van der Waals surface area contributed by atoms with Crippen LogP contribution in [0.1, 0.15) is 27.2 Å². The van der Waals surface area contributed by atoms with Crippen LogP contribution in [0.2, 0.25) is 0 Å². The van der Waals surface area contributed by atoms with E-state index in [-0.39, 0.29) is 18.4 Å². The summed E-state index contributed by atoms with van der Waals surface area (Å²) in [6.07, 6.45) is 0. The largest absolute Gasteiger partial charge is 0.381 e. The lowest BCUT2D eigenvalue weighted by molar-refractivity contribution is -0.119. The van der Waals surface area contributed by atoms with Crippen LogP contribution in [0, 0.1) is 13.8 Å². The summed E-state index contributed by atoms with van der Waals surface area (Å²) in [6.45, 7) is 4.34. The third-order valence-electron chi connectivity index (χ3n) is 4.35. The molecule has 1 aromatic heterocycles. The molecule has 3 rings (SSSR count). The Bertz CT molecular complexity index is 1050. The molecule has 0 saturated carbocycles. The van der Waals surface area contributed by atoms with Gasteiger partial charge >= 0.3 is 0 Å². The summed E-state index contributed by atoms with van der Waals surface area (Å²) >= 11 is 1.35. The van der Waals surface area contributed by atoms with Crippen molar-refractivity contribution in [1.29, 1.82) is 0 Å². The average Bonchev–Trinajstić information content (AvgIpc) is 3.12. The Morgan fingerprint density at radius 2 is 1.87 bits per heavy atom. The van der Waals surface area contributed by atoms with Crippen molar-refractivity contribution in [2.24, 2.45) is 0 Å². The number of carbonyl (C=O) groups is 2. The van der Waals surface area contributed by atoms with Gasteiger partial charge in [-0.1, -0.05) is 24.3 Å². The van der Waals surface area contributed by atoms with Crippen LogP contribution in [0.4, 0.5) is 16.5 Å². The fourth-order valence-electron chi connectivity index (χ4n) is 2.86. The molecule has 0 unspecified atom stereocenters. The van der Waals surface area contributed by atoms with E-state index in [1.807, 2.05) is 49.6 Å². The van der Waals surface area contributed by atoms with E-state index in [0.29, 0.717) is 22.9 Å². The number of para-hydroxylation sites is 1. The highest BCUT2D eigenvalue weighted by Crippen LogP contribution is 2.23. The molecule has 0 bridgehead atoms. The summed E-state index contributed by atoms with van der Waals surface area (Å²) in [4.78, 5) is 29.1. The molecular formula is C22H24N4O3S. The number of aryl methyl sites for hydroxylation is 2. The van der Waals surface area contributed by atoms with Crippen molar-refractivity contribution >= 4 is 39.7 Å². The third kappa shape index (κ3) is 5.65. The maximum absolute atomic E-state index is 12.8. The van der Waals surface area contributed by atoms with Gasteiger partial charge in [-0.3, -0.25) is 14.9 Å². The van der Waals surface area contributed by atoms with Gasteiger partial charge in [0.2, 0.25) is 5.91 Å². The first-order valence-corrected chi connectivity index (χ1v) is 10.3. The number of nitrogens with zero attached hydrogens (tertiary/aromatic N) is 1. The average molecular weight is 425 g/mol. The van der Waals surface area contributed by atoms with Gasteiger partial charge in [-0.05, 0) is 43.2 Å². The predicted octanol–water partition coefficient (Wildman–Crippen LogP) is 4.21. The highest BCUT2D eigenvalue weighted by Gasteiger charge is 2.16. The molecule has 0 fully saturated rings. The molecule has 2 aromatic carbocycles. The van der Waals surface area contributed by atoms with Crippen LogP contribution in [0.15, 0.2) is 47.8 Å². The van der Waals surface area contributed by atoms with E-state index in [4.69, 9.17) is 4.74 Å². The van der Waals surface area contributed by atoms with E-state index in [2.05, 4.69) is 20.9 Å². The number of hydrogen-bond acceptors (Lipinski definition) is 6. The maximum atomic E-state index is 12.8. The summed E-state index contributed by atoms with van der Waals surface area (Å²) < 4.78 is 4.89. The first-order chi connectivity index (χ1) is 14.5. The number of anilines is 3. The summed E-state index contributed by atoms with van der Waals surface area (Å²) in [5, 5.41) is 11.3. The van der Waals surface area contributed by atoms with Crippen molar-refractivity contribution in [3.05, 3.63) is 70.2 Å². The summed E-state index contributed by atoms with van der Waals surface area (Å²) in [7, 11) is 1.44. The van der Waals surface area contributed by atoms with E-state index < -0.39 is 0 Å². The highest BCUT2D eigenvalue weighted by molar-refractivity contribution is 7.13. The Kier molecular flexibility index (Phi) is 7.16. The number of benzene rings is 2. The fourth-order valence-corrected chi connectivity index (χ4v) is 3.55. The monoisotopic (exact) mass is 424 g/mol. The minimum atomic E-state index is -0.338. The second-order valence-electron chi connectivity index (χ2n) is 6.78. The molecule has 8 heteroatoms. The number of amides is 2. The van der Waals surface area contributed by atoms with Gasteiger partial charge in [-0.15, -0.1) is 11.3 Å². The Morgan fingerprint density at radius 3 is 2.57 bits per heavy atom. The number of carbonyl (C=O) groups excluding carboxylic acids is 2. The van der Waals surface area contributed by atoms with Gasteiger partial charge in [-0.2, -0.15) is 0 Å². The predicted molar refractivity (Wildman–Crippen MR) is 120 cm³/mol. The van der Waals surface area contributed by atoms with Crippen LogP contribution in [-0.4, -0.2) is 30.5 Å². The number of aromatic nitrogens is 1. The van der Waals surface area contributed by atoms with Crippen LogP contribution in [0.25, 0.3) is 0 Å². The van der Waals surface area contributed by atoms with E-state index in [0.717, 1.165) is 22.5 Å². The number of nitrogens with one attached hydrogen (secondary N) is 3. The summed E-state index contributed by atoms with van der Waals surface area (Å²) in [5.41, 5.74) is 4.71. The normalized spacial score (nSPS) is 10.5. The van der Waals surface area contributed by atoms with Gasteiger partial charge in [0.15, 0.2) is 5.13 Å². The zero-order chi connectivity index (χ0) is 21.5. The minimum Gasteiger partial charge on any atom is -0.381 e. The van der Waals surface area contributed by atoms with Crippen LogP contribution in [0.5, 0.6) is 0 Å². The van der Waals surface area contributed by atoms with Gasteiger partial charge in [0.25, 0.3) is 5.91 Å². The van der Waals surface area contributed by atoms with Crippen molar-refractivity contribution in [2.45, 2.75) is 20.4 Å². The molecule has 3 aromatic rings. The number of thiazole rings is 1. The lowest BCUT2D eigenvalue weighted by Gasteiger charge is -2.14. The smallest absolute Gasteiger partial charge is 0.259 e. The molecule has 1 heterocycles. The third-order valence-corrected chi connectivity index (χ3v) is 5.22. The van der Waals surface area contributed by atoms with Crippen LogP contribution in [-0.2, 0) is 16.1 Å². The molecule has 0 aliphatic heterocycles. The molecule has 0 spiro atoms. The lowest BCUT2D eigenvalue weighted by Crippen LogP contribution is -2.21. The van der Waals surface area contributed by atoms with Gasteiger partial charge in [0.05, 0.1) is 16.9 Å². The number of rotatable bonds is 8. The van der Waals surface area contributed by atoms with E-state index in [9.17, 15) is 9.59 Å². The van der Waals surface area contributed by atoms with Gasteiger partial charge in [-0.25, -0.2) is 4.98 Å². The summed E-state index contributed by atoms with van der Waals surface area (Å²) in [6, 6.07) is 13.4. The standard InChI is InChI=1S/C22H24N4O3S/c1-14-6-4-5-7-18(14)23-11-16-8-9-17(19(10-16)25-20(27)12-29-3)21(28)26-22-24-15(2)13-30-22/h4-10,13,23H,11-12H2,1-3H3,(H,25,27)(H,24,26,28). The number of hydrogen-bond donors (Lipinski definition) is 3. The second-order valence-corrected chi connectivity index (χ2v) is 7.64. The topological polar surface area (TPSA) is 92.4 Å². The Morgan fingerprint density at radius 1 is 1.07 bits per heavy atom. The van der Waals surface area contributed by atoms with E-state index in [1.54, 1.807) is 12.1 Å². The van der Waals surface area contributed by atoms with Crippen LogP contribution < -0.4 is 16.0 Å². The van der Waals surface area contributed by atoms with Crippen LogP contribution >= 0.6 is 11.3 Å². The summed E-state index contributed by atoms with van der Waals surface area (Å²) in [5.74, 6) is -0.670. The zero-order valence-corrected chi connectivity index (χ0v) is 17.9. The minimum absolute atomic E-state index is 0.0988. The molecule has 0 saturated heterocycles. The molecule has 0 radical (unpaired) electrons. The van der Waals surface area contributed by atoms with Gasteiger partial charge in [0, 0.05) is 24.7 Å². The van der Waals surface area contributed by atoms with Gasteiger partial charge < -0.3 is 15.4 Å². The van der Waals surface area contributed by atoms with Crippen molar-refractivity contribution in [3.63, 3.8) is 0 Å². The maximum Gasteiger partial charge on any atom is 0.259 e. The van der Waals surface area contributed by atoms with Crippen molar-refractivity contribution in [1.82, 2.24) is 4.98 Å². The quantitative estimate of drug-likeness (QED) is 0.504. The molecule has 0 aliphatic rings. The first-order valence-electron chi connectivity index (χ1n) is 9.41. The van der Waals surface area contributed by atoms with E-state index >= 15 is 0 Å². The molecule has 0 aliphatic carbocycles. The molecule has 156 valence electrons. The Hall–Kier alpha value is -3.23. The Balaban J connectivity index is 1.81. The van der Waals surface area contributed by atoms with E-state index in [1.165, 1.54) is 18.4 Å². The SMILES string of the molecule is COCC(=O)Nc1cc(CNc2ccccc2C)ccc1C(=O)Nc1nc(C)cs1. The molecule has 7 nitrogen and oxygen atoms in total. The second kappa shape index (κ2) is 10.00. The molecular weight excluding hydrogens is 400 g/mol. The molecule has 2 amide bonds. The first kappa shape index (κ1) is 21.5. The fraction of sp³-hybridized carbons (Fsp3) is 0.227. The molecule has 3 N–H and O–H groups in total. The highest BCUT2D eigenvalue weighted by atomic mass is 32.1. The zero-order valence-electron chi connectivity index (χ0n) is 17.1. The molecule has 0 atom stereocenters. The van der Waals surface area contributed by atoms with Crippen LogP contribution in [0.3, 0.4) is 0 Å². The van der Waals surface area contributed by atoms with Gasteiger partial charge in [0.1, 0.15) is 6.61 Å². The number of methoxy groups -OCH3 is 1. The number of ether oxygens (including phenoxy) is 1. The lowest BCUT2D eigenvalue weighted by atomic mass is 10.1. The molecule has 30 heavy (non-hydrogen) atoms. The Labute approximate surface area is 179 Å². The van der Waals surface area contributed by atoms with Crippen molar-refractivity contribution < 1.29 is 14.3 Å². The van der Waals surface area contributed by atoms with Crippen molar-refractivity contribution in [2.75, 3.05) is 29.7 Å².